The highest BCUT2D eigenvalue weighted by Crippen LogP contribution is 2.15. The lowest BCUT2D eigenvalue weighted by atomic mass is 10.1. The summed E-state index contributed by atoms with van der Waals surface area (Å²) in [4.78, 5) is 5.30. The van der Waals surface area contributed by atoms with Crippen molar-refractivity contribution in [3.05, 3.63) is 0 Å². The van der Waals surface area contributed by atoms with E-state index >= 15 is 0 Å². The van der Waals surface area contributed by atoms with Gasteiger partial charge in [0.2, 0.25) is 0 Å². The van der Waals surface area contributed by atoms with Crippen molar-refractivity contribution in [2.45, 2.75) is 52.1 Å². The van der Waals surface area contributed by atoms with Crippen molar-refractivity contribution in [1.82, 2.24) is 15.1 Å². The van der Waals surface area contributed by atoms with Crippen molar-refractivity contribution in [3.8, 4) is 0 Å². The van der Waals surface area contributed by atoms with E-state index in [0.29, 0.717) is 6.04 Å². The lowest BCUT2D eigenvalue weighted by Gasteiger charge is -2.41. The zero-order valence-corrected chi connectivity index (χ0v) is 12.2. The van der Waals surface area contributed by atoms with Crippen LogP contribution in [0.5, 0.6) is 0 Å². The van der Waals surface area contributed by atoms with Crippen LogP contribution >= 0.6 is 0 Å². The number of nitrogens with one attached hydrogen (secondary N) is 1. The Morgan fingerprint density at radius 2 is 1.59 bits per heavy atom. The maximum absolute atomic E-state index is 3.29. The van der Waals surface area contributed by atoms with Gasteiger partial charge in [0.25, 0.3) is 0 Å². The summed E-state index contributed by atoms with van der Waals surface area (Å²) in [6.07, 6.45) is 3.95. The molecule has 0 aliphatic carbocycles. The first-order valence-corrected chi connectivity index (χ1v) is 7.31. The van der Waals surface area contributed by atoms with Gasteiger partial charge < -0.3 is 5.32 Å². The van der Waals surface area contributed by atoms with Gasteiger partial charge in [-0.25, -0.2) is 0 Å². The molecule has 102 valence electrons. The van der Waals surface area contributed by atoms with Crippen molar-refractivity contribution < 1.29 is 0 Å². The van der Waals surface area contributed by atoms with Gasteiger partial charge in [0.1, 0.15) is 0 Å². The Labute approximate surface area is 108 Å². The second kappa shape index (κ2) is 8.06. The molecule has 1 N–H and O–H groups in total. The van der Waals surface area contributed by atoms with Gasteiger partial charge in [-0.3, -0.25) is 9.80 Å². The average Bonchev–Trinajstić information content (AvgIpc) is 2.34. The maximum atomic E-state index is 3.29. The van der Waals surface area contributed by atoms with E-state index in [4.69, 9.17) is 0 Å². The fourth-order valence-electron chi connectivity index (χ4n) is 2.77. The summed E-state index contributed by atoms with van der Waals surface area (Å²) in [6.45, 7) is 13.1. The van der Waals surface area contributed by atoms with Gasteiger partial charge in [-0.1, -0.05) is 13.3 Å². The number of hydrogen-bond donors (Lipinski definition) is 1. The molecule has 3 heteroatoms. The fourth-order valence-corrected chi connectivity index (χ4v) is 2.77. The number of piperazine rings is 1. The zero-order valence-electron chi connectivity index (χ0n) is 12.2. The van der Waals surface area contributed by atoms with E-state index in [1.807, 2.05) is 0 Å². The van der Waals surface area contributed by atoms with Crippen LogP contribution in [-0.2, 0) is 0 Å². The Bertz CT molecular complexity index is 186. The molecule has 0 saturated carbocycles. The van der Waals surface area contributed by atoms with Crippen LogP contribution in [0.15, 0.2) is 0 Å². The summed E-state index contributed by atoms with van der Waals surface area (Å²) in [5.41, 5.74) is 0. The average molecular weight is 241 g/mol. The summed E-state index contributed by atoms with van der Waals surface area (Å²) < 4.78 is 0. The van der Waals surface area contributed by atoms with Crippen molar-refractivity contribution in [3.63, 3.8) is 0 Å². The van der Waals surface area contributed by atoms with E-state index in [0.717, 1.165) is 12.6 Å². The molecular formula is C14H31N3. The van der Waals surface area contributed by atoms with E-state index in [2.05, 4.69) is 42.9 Å². The van der Waals surface area contributed by atoms with Gasteiger partial charge in [-0.2, -0.15) is 0 Å². The molecule has 1 aliphatic heterocycles. The third kappa shape index (κ3) is 4.94. The molecular weight excluding hydrogens is 210 g/mol. The summed E-state index contributed by atoms with van der Waals surface area (Å²) in [6, 6.07) is 1.50. The first kappa shape index (κ1) is 14.9. The Balaban J connectivity index is 2.37. The molecule has 0 aromatic heterocycles. The molecule has 0 spiro atoms. The number of nitrogens with zero attached hydrogens (tertiary/aromatic N) is 2. The standard InChI is InChI=1S/C14H31N3/c1-5-6-14(7-8-15-4)17-11-9-16(10-12-17)13(2)3/h13-15H,5-12H2,1-4H3. The number of rotatable bonds is 7. The van der Waals surface area contributed by atoms with Crippen LogP contribution in [0.1, 0.15) is 40.0 Å². The highest BCUT2D eigenvalue weighted by molar-refractivity contribution is 4.80. The zero-order chi connectivity index (χ0) is 12.7. The molecule has 1 saturated heterocycles. The van der Waals surface area contributed by atoms with Gasteiger partial charge in [0.15, 0.2) is 0 Å². The molecule has 1 fully saturated rings. The molecule has 0 amide bonds. The number of hydrogen-bond acceptors (Lipinski definition) is 3. The van der Waals surface area contributed by atoms with E-state index in [9.17, 15) is 0 Å². The monoisotopic (exact) mass is 241 g/mol. The van der Waals surface area contributed by atoms with Crippen molar-refractivity contribution in [2.24, 2.45) is 0 Å². The maximum Gasteiger partial charge on any atom is 0.0113 e. The third-order valence-electron chi connectivity index (χ3n) is 3.95. The topological polar surface area (TPSA) is 18.5 Å². The van der Waals surface area contributed by atoms with Gasteiger partial charge in [-0.15, -0.1) is 0 Å². The van der Waals surface area contributed by atoms with Crippen LogP contribution in [-0.4, -0.2) is 61.7 Å². The highest BCUT2D eigenvalue weighted by atomic mass is 15.3. The van der Waals surface area contributed by atoms with Crippen molar-refractivity contribution >= 4 is 0 Å². The predicted molar refractivity (Wildman–Crippen MR) is 75.5 cm³/mol. The summed E-state index contributed by atoms with van der Waals surface area (Å²) >= 11 is 0. The first-order valence-electron chi connectivity index (χ1n) is 7.31. The fraction of sp³-hybridized carbons (Fsp3) is 1.00. The van der Waals surface area contributed by atoms with Crippen LogP contribution in [0.4, 0.5) is 0 Å². The minimum Gasteiger partial charge on any atom is -0.320 e. The lowest BCUT2D eigenvalue weighted by molar-refractivity contribution is 0.0717. The predicted octanol–water partition coefficient (Wildman–Crippen LogP) is 1.79. The molecule has 1 aliphatic rings. The molecule has 1 heterocycles. The Kier molecular flexibility index (Phi) is 7.09. The van der Waals surface area contributed by atoms with Crippen LogP contribution in [0.25, 0.3) is 0 Å². The van der Waals surface area contributed by atoms with Gasteiger partial charge in [-0.05, 0) is 40.3 Å². The second-order valence-corrected chi connectivity index (χ2v) is 5.50. The van der Waals surface area contributed by atoms with Gasteiger partial charge >= 0.3 is 0 Å². The largest absolute Gasteiger partial charge is 0.320 e. The van der Waals surface area contributed by atoms with E-state index in [1.54, 1.807) is 0 Å². The second-order valence-electron chi connectivity index (χ2n) is 5.50. The summed E-state index contributed by atoms with van der Waals surface area (Å²) in [5.74, 6) is 0. The van der Waals surface area contributed by atoms with Crippen LogP contribution in [0, 0.1) is 0 Å². The van der Waals surface area contributed by atoms with Crippen molar-refractivity contribution in [2.75, 3.05) is 39.8 Å². The molecule has 0 bridgehead atoms. The van der Waals surface area contributed by atoms with Crippen LogP contribution < -0.4 is 5.32 Å². The van der Waals surface area contributed by atoms with E-state index in [-0.39, 0.29) is 0 Å². The normalized spacial score (nSPS) is 21.0. The van der Waals surface area contributed by atoms with Crippen molar-refractivity contribution in [1.29, 1.82) is 0 Å². The molecule has 1 atom stereocenters. The molecule has 17 heavy (non-hydrogen) atoms. The molecule has 1 unspecified atom stereocenters. The van der Waals surface area contributed by atoms with Crippen LogP contribution in [0.2, 0.25) is 0 Å². The minimum absolute atomic E-state index is 0.707. The summed E-state index contributed by atoms with van der Waals surface area (Å²) in [5, 5.41) is 3.29. The smallest absolute Gasteiger partial charge is 0.0113 e. The molecule has 0 aromatic rings. The Hall–Kier alpha value is -0.120. The SMILES string of the molecule is CCCC(CCNC)N1CCN(C(C)C)CC1. The summed E-state index contributed by atoms with van der Waals surface area (Å²) in [7, 11) is 2.06. The minimum atomic E-state index is 0.707. The molecule has 1 rings (SSSR count). The van der Waals surface area contributed by atoms with Gasteiger partial charge in [0, 0.05) is 38.3 Å². The molecule has 0 radical (unpaired) electrons. The third-order valence-corrected chi connectivity index (χ3v) is 3.95. The Morgan fingerprint density at radius 3 is 2.06 bits per heavy atom. The van der Waals surface area contributed by atoms with Crippen LogP contribution in [0.3, 0.4) is 0 Å². The quantitative estimate of drug-likeness (QED) is 0.733. The van der Waals surface area contributed by atoms with E-state index < -0.39 is 0 Å². The van der Waals surface area contributed by atoms with Gasteiger partial charge in [0.05, 0.1) is 0 Å². The molecule has 3 nitrogen and oxygen atoms in total. The lowest BCUT2D eigenvalue weighted by Crippen LogP contribution is -2.52. The highest BCUT2D eigenvalue weighted by Gasteiger charge is 2.23. The molecule has 0 aromatic carbocycles. The van der Waals surface area contributed by atoms with E-state index in [1.165, 1.54) is 45.4 Å². The first-order chi connectivity index (χ1) is 8.19. The Morgan fingerprint density at radius 1 is 1.00 bits per heavy atom.